The molecule has 1 heterocycles. The molecule has 21 heavy (non-hydrogen) atoms. The van der Waals surface area contributed by atoms with Crippen LogP contribution in [-0.2, 0) is 0 Å². The molecule has 2 atom stereocenters. The van der Waals surface area contributed by atoms with E-state index in [0.717, 1.165) is 13.0 Å². The predicted molar refractivity (Wildman–Crippen MR) is 97.5 cm³/mol. The first-order chi connectivity index (χ1) is 10.2. The van der Waals surface area contributed by atoms with Gasteiger partial charge in [-0.1, -0.05) is 81.5 Å². The van der Waals surface area contributed by atoms with Crippen molar-refractivity contribution in [1.29, 1.82) is 0 Å². The SMILES string of the molecule is C=C/C=C\CC.C=CC=CC1CCNC(CCC)/C1=C/C. The Labute approximate surface area is 132 Å². The Morgan fingerprint density at radius 2 is 1.90 bits per heavy atom. The highest BCUT2D eigenvalue weighted by atomic mass is 14.9. The summed E-state index contributed by atoms with van der Waals surface area (Å²) >= 11 is 0. The Morgan fingerprint density at radius 1 is 1.19 bits per heavy atom. The van der Waals surface area contributed by atoms with Crippen LogP contribution in [0.4, 0.5) is 0 Å². The van der Waals surface area contributed by atoms with Gasteiger partial charge in [0.2, 0.25) is 0 Å². The molecule has 0 aromatic heterocycles. The summed E-state index contributed by atoms with van der Waals surface area (Å²) in [6, 6.07) is 0.591. The second-order valence-electron chi connectivity index (χ2n) is 5.17. The minimum Gasteiger partial charge on any atom is -0.310 e. The first-order valence-electron chi connectivity index (χ1n) is 8.21. The fraction of sp³-hybridized carbons (Fsp3) is 0.500. The Bertz CT molecular complexity index is 358. The van der Waals surface area contributed by atoms with Crippen molar-refractivity contribution in [1.82, 2.24) is 5.32 Å². The maximum absolute atomic E-state index is 3.73. The fourth-order valence-corrected chi connectivity index (χ4v) is 2.58. The highest BCUT2D eigenvalue weighted by Crippen LogP contribution is 2.26. The Kier molecular flexibility index (Phi) is 12.8. The van der Waals surface area contributed by atoms with E-state index in [1.54, 1.807) is 11.6 Å². The molecule has 1 rings (SSSR count). The molecule has 1 saturated heterocycles. The minimum atomic E-state index is 0.591. The van der Waals surface area contributed by atoms with Gasteiger partial charge >= 0.3 is 0 Å². The van der Waals surface area contributed by atoms with Crippen LogP contribution >= 0.6 is 0 Å². The van der Waals surface area contributed by atoms with Crippen LogP contribution in [0.1, 0.15) is 46.5 Å². The van der Waals surface area contributed by atoms with Crippen LogP contribution in [0.25, 0.3) is 0 Å². The molecule has 1 fully saturated rings. The van der Waals surface area contributed by atoms with Gasteiger partial charge in [0, 0.05) is 12.0 Å². The third-order valence-corrected chi connectivity index (χ3v) is 3.57. The zero-order valence-electron chi connectivity index (χ0n) is 14.1. The first kappa shape index (κ1) is 19.7. The smallest absolute Gasteiger partial charge is 0.0285 e. The van der Waals surface area contributed by atoms with Crippen LogP contribution in [0.2, 0.25) is 0 Å². The average molecular weight is 287 g/mol. The van der Waals surface area contributed by atoms with E-state index in [0.29, 0.717) is 12.0 Å². The van der Waals surface area contributed by atoms with E-state index in [2.05, 4.69) is 63.5 Å². The standard InChI is InChI=1S/C14H23N.C6H10/c1-4-7-9-12-10-11-15-14(8-5-2)13(12)6-3;1-3-5-6-4-2/h4,6-7,9,12,14-15H,1,5,8,10-11H2,2-3H3;3,5-6H,1,4H2,2H3/b9-7?,13-6+;6-5-. The van der Waals surface area contributed by atoms with Gasteiger partial charge in [-0.05, 0) is 32.7 Å². The summed E-state index contributed by atoms with van der Waals surface area (Å²) in [5.41, 5.74) is 1.56. The Balaban J connectivity index is 0.000000567. The molecule has 1 heteroatoms. The quantitative estimate of drug-likeness (QED) is 0.496. The predicted octanol–water partition coefficient (Wildman–Crippen LogP) is 5.59. The van der Waals surface area contributed by atoms with E-state index in [9.17, 15) is 0 Å². The van der Waals surface area contributed by atoms with Gasteiger partial charge in [-0.3, -0.25) is 0 Å². The average Bonchev–Trinajstić information content (AvgIpc) is 2.52. The molecular weight excluding hydrogens is 254 g/mol. The van der Waals surface area contributed by atoms with Crippen molar-refractivity contribution >= 4 is 0 Å². The van der Waals surface area contributed by atoms with E-state index in [1.807, 2.05) is 12.2 Å². The molecule has 118 valence electrons. The number of hydrogen-bond acceptors (Lipinski definition) is 1. The second kappa shape index (κ2) is 13.6. The Hall–Kier alpha value is -1.34. The van der Waals surface area contributed by atoms with E-state index in [1.165, 1.54) is 19.3 Å². The van der Waals surface area contributed by atoms with Crippen molar-refractivity contribution in [2.45, 2.75) is 52.5 Å². The Morgan fingerprint density at radius 3 is 2.38 bits per heavy atom. The second-order valence-corrected chi connectivity index (χ2v) is 5.17. The van der Waals surface area contributed by atoms with Gasteiger partial charge in [0.15, 0.2) is 0 Å². The van der Waals surface area contributed by atoms with Crippen LogP contribution in [0.15, 0.2) is 61.3 Å². The van der Waals surface area contributed by atoms with Gasteiger partial charge in [0.05, 0.1) is 0 Å². The number of hydrogen-bond donors (Lipinski definition) is 1. The van der Waals surface area contributed by atoms with Crippen LogP contribution in [0, 0.1) is 5.92 Å². The van der Waals surface area contributed by atoms with E-state index < -0.39 is 0 Å². The van der Waals surface area contributed by atoms with E-state index >= 15 is 0 Å². The molecule has 0 radical (unpaired) electrons. The summed E-state index contributed by atoms with van der Waals surface area (Å²) in [6.07, 6.45) is 19.1. The topological polar surface area (TPSA) is 12.0 Å². The highest BCUT2D eigenvalue weighted by molar-refractivity contribution is 5.22. The molecule has 0 aliphatic carbocycles. The summed E-state index contributed by atoms with van der Waals surface area (Å²) in [6.45, 7) is 14.9. The summed E-state index contributed by atoms with van der Waals surface area (Å²) in [5.74, 6) is 0.616. The summed E-state index contributed by atoms with van der Waals surface area (Å²) in [5, 5.41) is 3.60. The largest absolute Gasteiger partial charge is 0.310 e. The van der Waals surface area contributed by atoms with Crippen LogP contribution < -0.4 is 5.32 Å². The zero-order valence-corrected chi connectivity index (χ0v) is 14.1. The molecule has 0 saturated carbocycles. The van der Waals surface area contributed by atoms with Crippen molar-refractivity contribution < 1.29 is 0 Å². The lowest BCUT2D eigenvalue weighted by Gasteiger charge is -2.32. The van der Waals surface area contributed by atoms with E-state index in [4.69, 9.17) is 0 Å². The van der Waals surface area contributed by atoms with Crippen LogP contribution in [0.3, 0.4) is 0 Å². The molecule has 0 aromatic carbocycles. The molecular formula is C20H33N. The van der Waals surface area contributed by atoms with Gasteiger partial charge in [0.25, 0.3) is 0 Å². The molecule has 1 nitrogen and oxygen atoms in total. The molecule has 0 amide bonds. The molecule has 1 aliphatic rings. The monoisotopic (exact) mass is 287 g/mol. The first-order valence-corrected chi connectivity index (χ1v) is 8.21. The van der Waals surface area contributed by atoms with Crippen molar-refractivity contribution in [3.63, 3.8) is 0 Å². The molecule has 1 N–H and O–H groups in total. The van der Waals surface area contributed by atoms with Crippen molar-refractivity contribution in [3.05, 3.63) is 61.3 Å². The third kappa shape index (κ3) is 8.52. The molecule has 1 aliphatic heterocycles. The molecule has 0 spiro atoms. The summed E-state index contributed by atoms with van der Waals surface area (Å²) in [7, 11) is 0. The molecule has 2 unspecified atom stereocenters. The fourth-order valence-electron chi connectivity index (χ4n) is 2.58. The zero-order chi connectivity index (χ0) is 15.9. The number of allylic oxidation sites excluding steroid dienone is 7. The lowest BCUT2D eigenvalue weighted by atomic mass is 9.84. The van der Waals surface area contributed by atoms with Gasteiger partial charge < -0.3 is 5.32 Å². The lowest BCUT2D eigenvalue weighted by molar-refractivity contribution is 0.419. The summed E-state index contributed by atoms with van der Waals surface area (Å²) in [4.78, 5) is 0. The highest BCUT2D eigenvalue weighted by Gasteiger charge is 2.23. The van der Waals surface area contributed by atoms with Crippen molar-refractivity contribution in [2.24, 2.45) is 5.92 Å². The van der Waals surface area contributed by atoms with Crippen molar-refractivity contribution in [3.8, 4) is 0 Å². The van der Waals surface area contributed by atoms with Gasteiger partial charge in [-0.25, -0.2) is 0 Å². The molecule has 0 aromatic rings. The number of rotatable bonds is 6. The van der Waals surface area contributed by atoms with Crippen LogP contribution in [-0.4, -0.2) is 12.6 Å². The van der Waals surface area contributed by atoms with Gasteiger partial charge in [-0.2, -0.15) is 0 Å². The lowest BCUT2D eigenvalue weighted by Crippen LogP contribution is -2.39. The number of nitrogens with one attached hydrogen (secondary N) is 1. The summed E-state index contributed by atoms with van der Waals surface area (Å²) < 4.78 is 0. The maximum atomic E-state index is 3.73. The third-order valence-electron chi connectivity index (χ3n) is 3.57. The number of piperidine rings is 1. The normalized spacial score (nSPS) is 24.0. The minimum absolute atomic E-state index is 0.591. The van der Waals surface area contributed by atoms with Crippen molar-refractivity contribution in [2.75, 3.05) is 6.54 Å². The van der Waals surface area contributed by atoms with Crippen LogP contribution in [0.5, 0.6) is 0 Å². The van der Waals surface area contributed by atoms with Gasteiger partial charge in [-0.15, -0.1) is 0 Å². The molecule has 0 bridgehead atoms. The van der Waals surface area contributed by atoms with E-state index in [-0.39, 0.29) is 0 Å². The van der Waals surface area contributed by atoms with Gasteiger partial charge in [0.1, 0.15) is 0 Å². The maximum Gasteiger partial charge on any atom is 0.0285 e.